The normalized spacial score (nSPS) is 14.4. The van der Waals surface area contributed by atoms with Gasteiger partial charge in [0.1, 0.15) is 0 Å². The fourth-order valence-corrected chi connectivity index (χ4v) is 1.35. The molecule has 0 rings (SSSR count). The molecular weight excluding hydrogens is 236 g/mol. The van der Waals surface area contributed by atoms with Crippen LogP contribution in [0.3, 0.4) is 0 Å². The van der Waals surface area contributed by atoms with E-state index in [2.05, 4.69) is 5.32 Å². The second-order valence-electron chi connectivity index (χ2n) is 5.38. The van der Waals surface area contributed by atoms with Crippen LogP contribution in [0.15, 0.2) is 0 Å². The number of hydrogen-bond acceptors (Lipinski definition) is 3. The highest BCUT2D eigenvalue weighted by molar-refractivity contribution is 5.79. The van der Waals surface area contributed by atoms with Crippen molar-refractivity contribution in [3.8, 4) is 0 Å². The molecule has 6 nitrogen and oxygen atoms in total. The average molecular weight is 260 g/mol. The van der Waals surface area contributed by atoms with Gasteiger partial charge < -0.3 is 20.4 Å². The maximum Gasteiger partial charge on any atom is 0.337 e. The number of aliphatic hydroxyl groups is 1. The number of nitrogens with zero attached hydrogens (tertiary/aromatic N) is 1. The maximum atomic E-state index is 11.9. The number of carboxylic acids is 1. The van der Waals surface area contributed by atoms with E-state index >= 15 is 0 Å². The van der Waals surface area contributed by atoms with Crippen molar-refractivity contribution in [3.63, 3.8) is 0 Å². The van der Waals surface area contributed by atoms with Crippen molar-refractivity contribution < 1.29 is 19.8 Å². The zero-order valence-corrected chi connectivity index (χ0v) is 11.7. The van der Waals surface area contributed by atoms with Gasteiger partial charge in [0.2, 0.25) is 0 Å². The van der Waals surface area contributed by atoms with E-state index in [4.69, 9.17) is 5.11 Å². The van der Waals surface area contributed by atoms with Gasteiger partial charge in [0.15, 0.2) is 5.60 Å². The van der Waals surface area contributed by atoms with E-state index in [1.54, 1.807) is 4.90 Å². The van der Waals surface area contributed by atoms with E-state index in [0.29, 0.717) is 12.5 Å². The Bertz CT molecular complexity index is 300. The van der Waals surface area contributed by atoms with Crippen LogP contribution in [0.1, 0.15) is 34.6 Å². The zero-order chi connectivity index (χ0) is 14.5. The predicted octanol–water partition coefficient (Wildman–Crippen LogP) is 0.898. The molecule has 0 aliphatic rings. The number of carbonyl (C=O) groups excluding carboxylic acids is 1. The third-order valence-corrected chi connectivity index (χ3v) is 2.49. The first-order chi connectivity index (χ1) is 8.08. The average Bonchev–Trinajstić information content (AvgIpc) is 2.21. The summed E-state index contributed by atoms with van der Waals surface area (Å²) in [7, 11) is 0. The molecule has 6 heteroatoms. The minimum Gasteiger partial charge on any atom is -0.479 e. The summed E-state index contributed by atoms with van der Waals surface area (Å²) in [5.74, 6) is -1.04. The van der Waals surface area contributed by atoms with Crippen molar-refractivity contribution in [2.75, 3.05) is 13.1 Å². The van der Waals surface area contributed by atoms with Crippen LogP contribution in [0.4, 0.5) is 4.79 Å². The zero-order valence-electron chi connectivity index (χ0n) is 11.7. The van der Waals surface area contributed by atoms with Crippen molar-refractivity contribution in [3.05, 3.63) is 0 Å². The third-order valence-electron chi connectivity index (χ3n) is 2.49. The molecule has 0 radical (unpaired) electrons. The summed E-state index contributed by atoms with van der Waals surface area (Å²) in [6.45, 7) is 9.18. The predicted molar refractivity (Wildman–Crippen MR) is 68.3 cm³/mol. The molecule has 0 saturated heterocycles. The molecule has 0 bridgehead atoms. The van der Waals surface area contributed by atoms with Crippen LogP contribution >= 0.6 is 0 Å². The Balaban J connectivity index is 4.49. The van der Waals surface area contributed by atoms with E-state index in [1.165, 1.54) is 0 Å². The lowest BCUT2D eigenvalue weighted by atomic mass is 10.1. The molecule has 0 aliphatic carbocycles. The van der Waals surface area contributed by atoms with Crippen LogP contribution in [0.5, 0.6) is 0 Å². The summed E-state index contributed by atoms with van der Waals surface area (Å²) in [5.41, 5.74) is -1.95. The van der Waals surface area contributed by atoms with Gasteiger partial charge in [-0.25, -0.2) is 9.59 Å². The number of aliphatic carboxylic acids is 1. The SMILES string of the molecule is CC(C)CN(C(=O)NCC(C)(O)C(=O)O)C(C)C. The second kappa shape index (κ2) is 6.58. The molecular formula is C12H24N2O4. The van der Waals surface area contributed by atoms with Gasteiger partial charge in [0.05, 0.1) is 6.54 Å². The minimum atomic E-state index is -1.95. The van der Waals surface area contributed by atoms with Crippen LogP contribution in [0.25, 0.3) is 0 Å². The molecule has 18 heavy (non-hydrogen) atoms. The number of carboxylic acid groups (broad SMARTS) is 1. The number of carbonyl (C=O) groups is 2. The largest absolute Gasteiger partial charge is 0.479 e. The van der Waals surface area contributed by atoms with Crippen molar-refractivity contribution in [2.45, 2.75) is 46.3 Å². The van der Waals surface area contributed by atoms with E-state index < -0.39 is 11.6 Å². The van der Waals surface area contributed by atoms with Gasteiger partial charge in [-0.2, -0.15) is 0 Å². The first-order valence-corrected chi connectivity index (χ1v) is 6.08. The molecule has 0 aliphatic heterocycles. The molecule has 0 fully saturated rings. The molecule has 0 saturated carbocycles. The molecule has 106 valence electrons. The molecule has 3 N–H and O–H groups in total. The quantitative estimate of drug-likeness (QED) is 0.662. The first-order valence-electron chi connectivity index (χ1n) is 6.08. The highest BCUT2D eigenvalue weighted by Gasteiger charge is 2.31. The first kappa shape index (κ1) is 16.7. The Kier molecular flexibility index (Phi) is 6.11. The van der Waals surface area contributed by atoms with E-state index in [9.17, 15) is 14.7 Å². The molecule has 1 unspecified atom stereocenters. The Morgan fingerprint density at radius 1 is 1.28 bits per heavy atom. The van der Waals surface area contributed by atoms with E-state index in [0.717, 1.165) is 6.92 Å². The maximum absolute atomic E-state index is 11.9. The molecule has 0 spiro atoms. The number of nitrogens with one attached hydrogen (secondary N) is 1. The Morgan fingerprint density at radius 2 is 1.78 bits per heavy atom. The van der Waals surface area contributed by atoms with Gasteiger partial charge >= 0.3 is 12.0 Å². The molecule has 1 atom stereocenters. The molecule has 0 heterocycles. The summed E-state index contributed by atoms with van der Waals surface area (Å²) in [6, 6.07) is -0.345. The molecule has 2 amide bonds. The second-order valence-corrected chi connectivity index (χ2v) is 5.38. The summed E-state index contributed by atoms with van der Waals surface area (Å²) < 4.78 is 0. The van der Waals surface area contributed by atoms with Crippen LogP contribution in [-0.2, 0) is 4.79 Å². The van der Waals surface area contributed by atoms with Crippen LogP contribution in [-0.4, -0.2) is 51.8 Å². The van der Waals surface area contributed by atoms with Gasteiger partial charge in [-0.3, -0.25) is 0 Å². The van der Waals surface area contributed by atoms with E-state index in [-0.39, 0.29) is 18.6 Å². The third kappa shape index (κ3) is 5.35. The topological polar surface area (TPSA) is 89.9 Å². The number of hydrogen-bond donors (Lipinski definition) is 3. The minimum absolute atomic E-state index is 0.0159. The summed E-state index contributed by atoms with van der Waals surface area (Å²) in [6.07, 6.45) is 0. The Hall–Kier alpha value is -1.30. The highest BCUT2D eigenvalue weighted by Crippen LogP contribution is 2.06. The lowest BCUT2D eigenvalue weighted by Gasteiger charge is -2.30. The molecule has 0 aromatic heterocycles. The summed E-state index contributed by atoms with van der Waals surface area (Å²) in [5, 5.41) is 20.7. The fourth-order valence-electron chi connectivity index (χ4n) is 1.35. The van der Waals surface area contributed by atoms with Crippen molar-refractivity contribution in [1.82, 2.24) is 10.2 Å². The standard InChI is InChI=1S/C12H24N2O4/c1-8(2)6-14(9(3)4)11(17)13-7-12(5,18)10(15)16/h8-9,18H,6-7H2,1-5H3,(H,13,17)(H,15,16). The van der Waals surface area contributed by atoms with Gasteiger partial charge in [0.25, 0.3) is 0 Å². The van der Waals surface area contributed by atoms with Gasteiger partial charge in [0, 0.05) is 12.6 Å². The number of amides is 2. The van der Waals surface area contributed by atoms with Crippen LogP contribution in [0, 0.1) is 5.92 Å². The Morgan fingerprint density at radius 3 is 2.11 bits per heavy atom. The highest BCUT2D eigenvalue weighted by atomic mass is 16.4. The lowest BCUT2D eigenvalue weighted by molar-refractivity contribution is -0.155. The fraction of sp³-hybridized carbons (Fsp3) is 0.833. The van der Waals surface area contributed by atoms with Gasteiger partial charge in [-0.1, -0.05) is 13.8 Å². The lowest BCUT2D eigenvalue weighted by Crippen LogP contribution is -2.52. The number of urea groups is 1. The van der Waals surface area contributed by atoms with Gasteiger partial charge in [-0.05, 0) is 26.7 Å². The monoisotopic (exact) mass is 260 g/mol. The van der Waals surface area contributed by atoms with Crippen LogP contribution < -0.4 is 5.32 Å². The smallest absolute Gasteiger partial charge is 0.337 e. The Labute approximate surface area is 108 Å². The van der Waals surface area contributed by atoms with Crippen molar-refractivity contribution in [2.24, 2.45) is 5.92 Å². The van der Waals surface area contributed by atoms with E-state index in [1.807, 2.05) is 27.7 Å². The van der Waals surface area contributed by atoms with Crippen molar-refractivity contribution >= 4 is 12.0 Å². The molecule has 0 aromatic carbocycles. The van der Waals surface area contributed by atoms with Crippen LogP contribution in [0.2, 0.25) is 0 Å². The van der Waals surface area contributed by atoms with Gasteiger partial charge in [-0.15, -0.1) is 0 Å². The summed E-state index contributed by atoms with van der Waals surface area (Å²) >= 11 is 0. The molecule has 0 aromatic rings. The van der Waals surface area contributed by atoms with Crippen molar-refractivity contribution in [1.29, 1.82) is 0 Å². The summed E-state index contributed by atoms with van der Waals surface area (Å²) in [4.78, 5) is 24.2. The number of rotatable bonds is 6.